The van der Waals surface area contributed by atoms with E-state index in [4.69, 9.17) is 16.3 Å². The molecular formula is C16H17ClF2N2OS. The SMILES string of the molecule is COc1ccc(F)c([C@H](c2ccc(Cl)s2)N2CCNCC2)c1F. The van der Waals surface area contributed by atoms with Crippen molar-refractivity contribution < 1.29 is 13.5 Å². The second kappa shape index (κ2) is 7.13. The van der Waals surface area contributed by atoms with Gasteiger partial charge < -0.3 is 10.1 Å². The van der Waals surface area contributed by atoms with Crippen LogP contribution in [0.2, 0.25) is 4.34 Å². The minimum Gasteiger partial charge on any atom is -0.494 e. The first-order valence-electron chi connectivity index (χ1n) is 7.33. The molecule has 1 saturated heterocycles. The quantitative estimate of drug-likeness (QED) is 0.902. The molecule has 1 aliphatic rings. The molecule has 3 rings (SSSR count). The van der Waals surface area contributed by atoms with Crippen molar-refractivity contribution in [2.45, 2.75) is 6.04 Å². The van der Waals surface area contributed by atoms with Gasteiger partial charge in [-0.05, 0) is 24.3 Å². The standard InChI is InChI=1S/C16H17ClF2N2OS/c1-22-11-3-2-10(18)14(15(11)19)16(12-4-5-13(17)23-12)21-8-6-20-7-9-21/h2-5,16,20H,6-9H2,1H3/t16-/m0/s1. The molecule has 0 spiro atoms. The van der Waals surface area contributed by atoms with Crippen LogP contribution in [-0.4, -0.2) is 38.2 Å². The van der Waals surface area contributed by atoms with E-state index in [-0.39, 0.29) is 11.3 Å². The van der Waals surface area contributed by atoms with Gasteiger partial charge in [0.15, 0.2) is 11.6 Å². The lowest BCUT2D eigenvalue weighted by atomic mass is 10.0. The monoisotopic (exact) mass is 358 g/mol. The van der Waals surface area contributed by atoms with E-state index in [1.807, 2.05) is 6.07 Å². The Bertz CT molecular complexity index is 689. The van der Waals surface area contributed by atoms with Gasteiger partial charge in [0.05, 0.1) is 17.5 Å². The molecule has 1 aromatic carbocycles. The fraction of sp³-hybridized carbons (Fsp3) is 0.375. The lowest BCUT2D eigenvalue weighted by molar-refractivity contribution is 0.193. The molecule has 0 unspecified atom stereocenters. The zero-order valence-electron chi connectivity index (χ0n) is 12.6. The average Bonchev–Trinajstić information content (AvgIpc) is 2.98. The van der Waals surface area contributed by atoms with Crippen LogP contribution in [0.3, 0.4) is 0 Å². The molecule has 23 heavy (non-hydrogen) atoms. The molecule has 124 valence electrons. The lowest BCUT2D eigenvalue weighted by Gasteiger charge is -2.35. The molecule has 2 aromatic rings. The Labute approximate surface area is 142 Å². The largest absolute Gasteiger partial charge is 0.494 e. The number of benzene rings is 1. The van der Waals surface area contributed by atoms with Gasteiger partial charge >= 0.3 is 0 Å². The third kappa shape index (κ3) is 3.35. The summed E-state index contributed by atoms with van der Waals surface area (Å²) in [5.74, 6) is -1.18. The van der Waals surface area contributed by atoms with Crippen molar-refractivity contribution in [3.63, 3.8) is 0 Å². The summed E-state index contributed by atoms with van der Waals surface area (Å²) in [4.78, 5) is 2.89. The topological polar surface area (TPSA) is 24.5 Å². The summed E-state index contributed by atoms with van der Waals surface area (Å²) in [5, 5.41) is 3.25. The molecule has 0 saturated carbocycles. The van der Waals surface area contributed by atoms with E-state index in [0.29, 0.717) is 17.4 Å². The van der Waals surface area contributed by atoms with Crippen LogP contribution in [0.25, 0.3) is 0 Å². The molecule has 7 heteroatoms. The van der Waals surface area contributed by atoms with Crippen molar-refractivity contribution in [2.24, 2.45) is 0 Å². The third-order valence-corrected chi connectivity index (χ3v) is 5.25. The highest BCUT2D eigenvalue weighted by Gasteiger charge is 2.31. The van der Waals surface area contributed by atoms with Gasteiger partial charge in [-0.1, -0.05) is 11.6 Å². The van der Waals surface area contributed by atoms with Gasteiger partial charge in [0.25, 0.3) is 0 Å². The number of piperazine rings is 1. The zero-order chi connectivity index (χ0) is 16.4. The Kier molecular flexibility index (Phi) is 5.16. The van der Waals surface area contributed by atoms with E-state index in [1.54, 1.807) is 6.07 Å². The Morgan fingerprint density at radius 3 is 2.57 bits per heavy atom. The highest BCUT2D eigenvalue weighted by molar-refractivity contribution is 7.16. The van der Waals surface area contributed by atoms with Crippen molar-refractivity contribution in [1.29, 1.82) is 0 Å². The van der Waals surface area contributed by atoms with Gasteiger partial charge in [-0.2, -0.15) is 0 Å². The first-order chi connectivity index (χ1) is 11.1. The molecule has 3 nitrogen and oxygen atoms in total. The van der Waals surface area contributed by atoms with Crippen molar-refractivity contribution in [2.75, 3.05) is 33.3 Å². The van der Waals surface area contributed by atoms with Crippen LogP contribution in [0, 0.1) is 11.6 Å². The summed E-state index contributed by atoms with van der Waals surface area (Å²) >= 11 is 7.39. The summed E-state index contributed by atoms with van der Waals surface area (Å²) < 4.78 is 34.9. The first kappa shape index (κ1) is 16.6. The number of nitrogens with one attached hydrogen (secondary N) is 1. The molecule has 1 aromatic heterocycles. The molecule has 0 radical (unpaired) electrons. The van der Waals surface area contributed by atoms with E-state index in [0.717, 1.165) is 18.0 Å². The molecule has 1 atom stereocenters. The molecule has 1 fully saturated rings. The number of hydrogen-bond donors (Lipinski definition) is 1. The first-order valence-corrected chi connectivity index (χ1v) is 8.53. The average molecular weight is 359 g/mol. The van der Waals surface area contributed by atoms with Crippen LogP contribution in [0.1, 0.15) is 16.5 Å². The van der Waals surface area contributed by atoms with Crippen LogP contribution < -0.4 is 10.1 Å². The minimum atomic E-state index is -0.652. The van der Waals surface area contributed by atoms with Gasteiger partial charge in [-0.3, -0.25) is 4.90 Å². The molecule has 0 amide bonds. The molecular weight excluding hydrogens is 342 g/mol. The fourth-order valence-corrected chi connectivity index (χ4v) is 4.08. The predicted molar refractivity (Wildman–Crippen MR) is 88.5 cm³/mol. The highest BCUT2D eigenvalue weighted by atomic mass is 35.5. The summed E-state index contributed by atoms with van der Waals surface area (Å²) in [6.07, 6.45) is 0. The number of rotatable bonds is 4. The fourth-order valence-electron chi connectivity index (χ4n) is 2.88. The summed E-state index contributed by atoms with van der Waals surface area (Å²) in [6, 6.07) is 5.64. The Balaban J connectivity index is 2.11. The Hall–Kier alpha value is -1.21. The van der Waals surface area contributed by atoms with Gasteiger partial charge in [0, 0.05) is 36.6 Å². The smallest absolute Gasteiger partial charge is 0.173 e. The third-order valence-electron chi connectivity index (χ3n) is 3.96. The van der Waals surface area contributed by atoms with E-state index in [1.165, 1.54) is 30.6 Å². The van der Waals surface area contributed by atoms with Crippen LogP contribution >= 0.6 is 22.9 Å². The van der Waals surface area contributed by atoms with Crippen LogP contribution in [0.4, 0.5) is 8.78 Å². The van der Waals surface area contributed by atoms with Gasteiger partial charge in [-0.25, -0.2) is 8.78 Å². The number of thiophene rings is 1. The second-order valence-corrected chi connectivity index (χ2v) is 7.05. The molecule has 1 aliphatic heterocycles. The summed E-state index contributed by atoms with van der Waals surface area (Å²) in [5.41, 5.74) is 0.0183. The maximum atomic E-state index is 14.8. The molecule has 0 aliphatic carbocycles. The minimum absolute atomic E-state index is 0.0183. The van der Waals surface area contributed by atoms with Crippen LogP contribution in [0.5, 0.6) is 5.75 Å². The van der Waals surface area contributed by atoms with E-state index in [9.17, 15) is 8.78 Å². The number of nitrogens with zero attached hydrogens (tertiary/aromatic N) is 1. The number of ether oxygens (including phenoxy) is 1. The van der Waals surface area contributed by atoms with Crippen LogP contribution in [-0.2, 0) is 0 Å². The summed E-state index contributed by atoms with van der Waals surface area (Å²) in [6.45, 7) is 2.97. The predicted octanol–water partition coefficient (Wildman–Crippen LogP) is 3.68. The maximum Gasteiger partial charge on any atom is 0.173 e. The zero-order valence-corrected chi connectivity index (χ0v) is 14.2. The molecule has 0 bridgehead atoms. The maximum absolute atomic E-state index is 14.8. The Morgan fingerprint density at radius 1 is 1.22 bits per heavy atom. The van der Waals surface area contributed by atoms with E-state index >= 15 is 0 Å². The van der Waals surface area contributed by atoms with Gasteiger partial charge in [0.1, 0.15) is 5.82 Å². The van der Waals surface area contributed by atoms with E-state index in [2.05, 4.69) is 10.2 Å². The normalized spacial score (nSPS) is 17.2. The van der Waals surface area contributed by atoms with E-state index < -0.39 is 17.7 Å². The van der Waals surface area contributed by atoms with Crippen molar-refractivity contribution in [1.82, 2.24) is 10.2 Å². The summed E-state index contributed by atoms with van der Waals surface area (Å²) in [7, 11) is 1.38. The van der Waals surface area contributed by atoms with Crippen LogP contribution in [0.15, 0.2) is 24.3 Å². The van der Waals surface area contributed by atoms with Gasteiger partial charge in [-0.15, -0.1) is 11.3 Å². The number of hydrogen-bond acceptors (Lipinski definition) is 4. The number of halogens is 3. The van der Waals surface area contributed by atoms with Crippen molar-refractivity contribution in [3.8, 4) is 5.75 Å². The Morgan fingerprint density at radius 2 is 1.96 bits per heavy atom. The lowest BCUT2D eigenvalue weighted by Crippen LogP contribution is -2.45. The second-order valence-electron chi connectivity index (χ2n) is 5.31. The van der Waals surface area contributed by atoms with Crippen molar-refractivity contribution >= 4 is 22.9 Å². The van der Waals surface area contributed by atoms with Gasteiger partial charge in [0.2, 0.25) is 0 Å². The molecule has 2 heterocycles. The highest BCUT2D eigenvalue weighted by Crippen LogP contribution is 2.39. The number of methoxy groups -OCH3 is 1. The van der Waals surface area contributed by atoms with Crippen molar-refractivity contribution in [3.05, 3.63) is 50.7 Å². The molecule has 1 N–H and O–H groups in total.